The van der Waals surface area contributed by atoms with E-state index in [1.54, 1.807) is 30.2 Å². The van der Waals surface area contributed by atoms with Crippen molar-refractivity contribution in [3.8, 4) is 0 Å². The number of carbonyl (C=O) groups is 2. The highest BCUT2D eigenvalue weighted by Gasteiger charge is 2.34. The predicted octanol–water partition coefficient (Wildman–Crippen LogP) is 4.00. The number of nitrogens with zero attached hydrogens (tertiary/aromatic N) is 3. The van der Waals surface area contributed by atoms with Crippen LogP contribution in [0.4, 0.5) is 0 Å². The maximum absolute atomic E-state index is 13.2. The van der Waals surface area contributed by atoms with E-state index in [2.05, 4.69) is 0 Å². The molecule has 0 aliphatic heterocycles. The van der Waals surface area contributed by atoms with E-state index in [1.165, 1.54) is 0 Å². The highest BCUT2D eigenvalue weighted by molar-refractivity contribution is 6.35. The first kappa shape index (κ1) is 22.7. The molecule has 1 fully saturated rings. The Morgan fingerprint density at radius 3 is 2.47 bits per heavy atom. The molecule has 2 aromatic rings. The van der Waals surface area contributed by atoms with Gasteiger partial charge in [0, 0.05) is 60.9 Å². The van der Waals surface area contributed by atoms with E-state index in [9.17, 15) is 9.59 Å². The maximum atomic E-state index is 13.2. The van der Waals surface area contributed by atoms with E-state index in [1.807, 2.05) is 34.8 Å². The summed E-state index contributed by atoms with van der Waals surface area (Å²) in [5.41, 5.74) is 1.44. The normalized spacial score (nSPS) is 13.3. The van der Waals surface area contributed by atoms with E-state index in [-0.39, 0.29) is 24.4 Å². The van der Waals surface area contributed by atoms with Crippen LogP contribution in [0.2, 0.25) is 10.0 Å². The van der Waals surface area contributed by atoms with Crippen molar-refractivity contribution in [1.82, 2.24) is 14.4 Å². The highest BCUT2D eigenvalue weighted by atomic mass is 35.5. The number of amides is 2. The molecule has 0 atom stereocenters. The van der Waals surface area contributed by atoms with Crippen molar-refractivity contribution in [3.05, 3.63) is 57.8 Å². The maximum Gasteiger partial charge on any atom is 0.254 e. The fourth-order valence-corrected chi connectivity index (χ4v) is 3.93. The number of aryl methyl sites for hydroxylation is 1. The van der Waals surface area contributed by atoms with Gasteiger partial charge < -0.3 is 19.1 Å². The molecule has 0 radical (unpaired) electrons. The summed E-state index contributed by atoms with van der Waals surface area (Å²) in [6.07, 6.45) is 4.59. The molecular formula is C22H27Cl2N3O3. The zero-order valence-corrected chi connectivity index (χ0v) is 18.8. The van der Waals surface area contributed by atoms with Gasteiger partial charge >= 0.3 is 0 Å². The van der Waals surface area contributed by atoms with Crippen molar-refractivity contribution in [3.63, 3.8) is 0 Å². The zero-order chi connectivity index (χ0) is 21.7. The van der Waals surface area contributed by atoms with E-state index in [4.69, 9.17) is 27.9 Å². The summed E-state index contributed by atoms with van der Waals surface area (Å²) in [6, 6.07) is 8.95. The second-order valence-corrected chi connectivity index (χ2v) is 8.47. The van der Waals surface area contributed by atoms with E-state index >= 15 is 0 Å². The minimum absolute atomic E-state index is 0.00754. The van der Waals surface area contributed by atoms with Crippen LogP contribution >= 0.6 is 23.2 Å². The Morgan fingerprint density at radius 1 is 1.20 bits per heavy atom. The average Bonchev–Trinajstić information content (AvgIpc) is 3.46. The van der Waals surface area contributed by atoms with Crippen LogP contribution in [0.25, 0.3) is 0 Å². The quantitative estimate of drug-likeness (QED) is 0.512. The molecule has 1 aromatic heterocycles. The van der Waals surface area contributed by atoms with Gasteiger partial charge in [-0.25, -0.2) is 0 Å². The summed E-state index contributed by atoms with van der Waals surface area (Å²) < 4.78 is 7.13. The van der Waals surface area contributed by atoms with Crippen LogP contribution in [0, 0.1) is 0 Å². The molecule has 2 amide bonds. The number of carbonyl (C=O) groups excluding carboxylic acids is 2. The monoisotopic (exact) mass is 451 g/mol. The number of ether oxygens (including phenoxy) is 1. The number of rotatable bonds is 10. The summed E-state index contributed by atoms with van der Waals surface area (Å²) in [7, 11) is 3.58. The summed E-state index contributed by atoms with van der Waals surface area (Å²) >= 11 is 12.1. The second kappa shape index (κ2) is 10.3. The lowest BCUT2D eigenvalue weighted by Gasteiger charge is -2.28. The van der Waals surface area contributed by atoms with Crippen LogP contribution < -0.4 is 0 Å². The molecule has 8 heteroatoms. The van der Waals surface area contributed by atoms with Gasteiger partial charge in [-0.2, -0.15) is 0 Å². The van der Waals surface area contributed by atoms with Crippen molar-refractivity contribution in [2.24, 2.45) is 7.05 Å². The van der Waals surface area contributed by atoms with E-state index in [0.29, 0.717) is 41.7 Å². The van der Waals surface area contributed by atoms with Crippen molar-refractivity contribution in [2.75, 3.05) is 26.8 Å². The van der Waals surface area contributed by atoms with Crippen molar-refractivity contribution < 1.29 is 14.3 Å². The number of halogens is 2. The standard InChI is InChI=1S/C22H27Cl2N3O3/c1-25-8-3-5-20(25)14-27(19-6-7-19)21(28)15-26(9-4-10-30-2)22(29)16-11-17(23)13-18(24)12-16/h3,5,8,11-13,19H,4,6-7,9-10,14-15H2,1-2H3. The molecule has 1 aromatic carbocycles. The molecule has 6 nitrogen and oxygen atoms in total. The van der Waals surface area contributed by atoms with Gasteiger partial charge in [-0.05, 0) is 49.6 Å². The van der Waals surface area contributed by atoms with Crippen LogP contribution in [-0.4, -0.2) is 59.0 Å². The van der Waals surface area contributed by atoms with Gasteiger partial charge in [-0.15, -0.1) is 0 Å². The molecule has 3 rings (SSSR count). The number of methoxy groups -OCH3 is 1. The van der Waals surface area contributed by atoms with Crippen molar-refractivity contribution >= 4 is 35.0 Å². The molecule has 1 saturated carbocycles. The van der Waals surface area contributed by atoms with Crippen LogP contribution in [0.5, 0.6) is 0 Å². The Kier molecular flexibility index (Phi) is 7.81. The topological polar surface area (TPSA) is 54.8 Å². The number of benzene rings is 1. The first-order chi connectivity index (χ1) is 14.4. The Balaban J connectivity index is 1.76. The van der Waals surface area contributed by atoms with Gasteiger partial charge in [0.15, 0.2) is 0 Å². The summed E-state index contributed by atoms with van der Waals surface area (Å²) in [5, 5.41) is 0.773. The molecule has 1 aliphatic carbocycles. The average molecular weight is 452 g/mol. The minimum atomic E-state index is -0.265. The molecule has 0 N–H and O–H groups in total. The molecule has 1 aliphatic rings. The molecule has 162 valence electrons. The van der Waals surface area contributed by atoms with Gasteiger partial charge in [-0.1, -0.05) is 23.2 Å². The SMILES string of the molecule is COCCCN(CC(=O)N(Cc1cccn1C)C1CC1)C(=O)c1cc(Cl)cc(Cl)c1. The lowest BCUT2D eigenvalue weighted by Crippen LogP contribution is -2.44. The predicted molar refractivity (Wildman–Crippen MR) is 118 cm³/mol. The third-order valence-corrected chi connectivity index (χ3v) is 5.63. The van der Waals surface area contributed by atoms with Crippen LogP contribution in [0.15, 0.2) is 36.5 Å². The molecular weight excluding hydrogens is 425 g/mol. The van der Waals surface area contributed by atoms with Gasteiger partial charge in [0.05, 0.1) is 6.54 Å². The molecule has 0 bridgehead atoms. The number of aromatic nitrogens is 1. The first-order valence-electron chi connectivity index (χ1n) is 10.0. The highest BCUT2D eigenvalue weighted by Crippen LogP contribution is 2.29. The smallest absolute Gasteiger partial charge is 0.254 e. The fourth-order valence-electron chi connectivity index (χ4n) is 3.41. The van der Waals surface area contributed by atoms with Crippen molar-refractivity contribution in [1.29, 1.82) is 0 Å². The fraction of sp³-hybridized carbons (Fsp3) is 0.455. The molecule has 0 unspecified atom stereocenters. The third-order valence-electron chi connectivity index (χ3n) is 5.19. The van der Waals surface area contributed by atoms with Gasteiger partial charge in [0.25, 0.3) is 5.91 Å². The lowest BCUT2D eigenvalue weighted by molar-refractivity contribution is -0.133. The van der Waals surface area contributed by atoms with E-state index in [0.717, 1.165) is 18.5 Å². The van der Waals surface area contributed by atoms with Gasteiger partial charge in [-0.3, -0.25) is 9.59 Å². The van der Waals surface area contributed by atoms with Crippen molar-refractivity contribution in [2.45, 2.75) is 31.8 Å². The van der Waals surface area contributed by atoms with Crippen LogP contribution in [0.1, 0.15) is 35.3 Å². The lowest BCUT2D eigenvalue weighted by atomic mass is 10.2. The van der Waals surface area contributed by atoms with Crippen LogP contribution in [-0.2, 0) is 23.1 Å². The number of hydrogen-bond acceptors (Lipinski definition) is 3. The zero-order valence-electron chi connectivity index (χ0n) is 17.3. The summed E-state index contributed by atoms with van der Waals surface area (Å²) in [5.74, 6) is -0.323. The summed E-state index contributed by atoms with van der Waals surface area (Å²) in [4.78, 5) is 29.8. The Morgan fingerprint density at radius 2 is 1.90 bits per heavy atom. The molecule has 0 saturated heterocycles. The molecule has 0 spiro atoms. The van der Waals surface area contributed by atoms with Crippen LogP contribution in [0.3, 0.4) is 0 Å². The number of hydrogen-bond donors (Lipinski definition) is 0. The molecule has 30 heavy (non-hydrogen) atoms. The Bertz CT molecular complexity index is 875. The third kappa shape index (κ3) is 6.00. The summed E-state index contributed by atoms with van der Waals surface area (Å²) in [6.45, 7) is 1.46. The van der Waals surface area contributed by atoms with Gasteiger partial charge in [0.1, 0.15) is 6.54 Å². The largest absolute Gasteiger partial charge is 0.385 e. The van der Waals surface area contributed by atoms with Gasteiger partial charge in [0.2, 0.25) is 5.91 Å². The minimum Gasteiger partial charge on any atom is -0.385 e. The first-order valence-corrected chi connectivity index (χ1v) is 10.8. The molecule has 1 heterocycles. The van der Waals surface area contributed by atoms with E-state index < -0.39 is 0 Å². The Hall–Kier alpha value is -2.02. The second-order valence-electron chi connectivity index (χ2n) is 7.59. The Labute approximate surface area is 187 Å².